The lowest BCUT2D eigenvalue weighted by Gasteiger charge is -2.07. The van der Waals surface area contributed by atoms with Gasteiger partial charge in [-0.2, -0.15) is 0 Å². The minimum Gasteiger partial charge on any atom is -0.465 e. The Bertz CT molecular complexity index is 653. The molecule has 5 heteroatoms. The van der Waals surface area contributed by atoms with Gasteiger partial charge in [0, 0.05) is 18.7 Å². The van der Waals surface area contributed by atoms with Crippen molar-refractivity contribution in [1.82, 2.24) is 5.32 Å². The number of hydrogen-bond donors (Lipinski definition) is 1. The molecule has 126 valence electrons. The number of benzene rings is 2. The molecule has 2 aromatic rings. The fraction of sp³-hybridized carbons (Fsp3) is 0.263. The van der Waals surface area contributed by atoms with E-state index in [9.17, 15) is 9.59 Å². The van der Waals surface area contributed by atoms with Crippen LogP contribution in [0, 0.1) is 0 Å². The normalized spacial score (nSPS) is 10.2. The molecule has 24 heavy (non-hydrogen) atoms. The van der Waals surface area contributed by atoms with Crippen LogP contribution in [0.15, 0.2) is 54.6 Å². The van der Waals surface area contributed by atoms with E-state index in [1.165, 1.54) is 7.11 Å². The molecule has 5 nitrogen and oxygen atoms in total. The van der Waals surface area contributed by atoms with Gasteiger partial charge < -0.3 is 14.8 Å². The van der Waals surface area contributed by atoms with E-state index in [0.717, 1.165) is 12.0 Å². The van der Waals surface area contributed by atoms with Crippen molar-refractivity contribution in [2.75, 3.05) is 20.3 Å². The van der Waals surface area contributed by atoms with E-state index in [4.69, 9.17) is 4.74 Å². The van der Waals surface area contributed by atoms with Gasteiger partial charge in [0.05, 0.1) is 19.3 Å². The van der Waals surface area contributed by atoms with Gasteiger partial charge in [0.2, 0.25) is 0 Å². The first-order valence-corrected chi connectivity index (χ1v) is 7.79. The monoisotopic (exact) mass is 327 g/mol. The Labute approximate surface area is 141 Å². The number of hydrogen-bond acceptors (Lipinski definition) is 4. The molecule has 0 bridgehead atoms. The fourth-order valence-corrected chi connectivity index (χ4v) is 2.12. The van der Waals surface area contributed by atoms with Crippen LogP contribution < -0.4 is 5.32 Å². The molecule has 0 saturated heterocycles. The van der Waals surface area contributed by atoms with Gasteiger partial charge in [0.15, 0.2) is 0 Å². The molecular formula is C19H21NO4. The maximum Gasteiger partial charge on any atom is 0.337 e. The minimum absolute atomic E-state index is 0.172. The van der Waals surface area contributed by atoms with Crippen molar-refractivity contribution in [2.45, 2.75) is 13.0 Å². The minimum atomic E-state index is -0.419. The number of carbonyl (C=O) groups is 2. The molecular weight excluding hydrogens is 306 g/mol. The summed E-state index contributed by atoms with van der Waals surface area (Å²) >= 11 is 0. The van der Waals surface area contributed by atoms with Gasteiger partial charge in [-0.05, 0) is 36.2 Å². The Kier molecular flexibility index (Phi) is 6.98. The zero-order valence-electron chi connectivity index (χ0n) is 13.7. The number of rotatable bonds is 8. The number of methoxy groups -OCH3 is 1. The van der Waals surface area contributed by atoms with Gasteiger partial charge in [-0.15, -0.1) is 0 Å². The Morgan fingerprint density at radius 1 is 0.958 bits per heavy atom. The molecule has 0 fully saturated rings. The molecule has 0 aliphatic rings. The third kappa shape index (κ3) is 5.52. The quantitative estimate of drug-likeness (QED) is 0.598. The maximum atomic E-state index is 12.0. The second kappa shape index (κ2) is 9.47. The molecule has 0 saturated carbocycles. The predicted octanol–water partition coefficient (Wildman–Crippen LogP) is 2.81. The van der Waals surface area contributed by atoms with Gasteiger partial charge in [-0.1, -0.05) is 30.3 Å². The average Bonchev–Trinajstić information content (AvgIpc) is 2.64. The Morgan fingerprint density at radius 3 is 2.29 bits per heavy atom. The van der Waals surface area contributed by atoms with Crippen LogP contribution in [-0.4, -0.2) is 32.1 Å². The number of carbonyl (C=O) groups excluding carboxylic acids is 2. The van der Waals surface area contributed by atoms with Crippen LogP contribution >= 0.6 is 0 Å². The summed E-state index contributed by atoms with van der Waals surface area (Å²) in [5.41, 5.74) is 2.06. The van der Waals surface area contributed by atoms with Crippen LogP contribution in [0.1, 0.15) is 32.7 Å². The molecule has 0 spiro atoms. The molecule has 0 aliphatic heterocycles. The van der Waals surface area contributed by atoms with Crippen molar-refractivity contribution in [1.29, 1.82) is 0 Å². The Morgan fingerprint density at radius 2 is 1.62 bits per heavy atom. The van der Waals surface area contributed by atoms with Gasteiger partial charge in [-0.25, -0.2) is 4.79 Å². The molecule has 0 aromatic heterocycles. The molecule has 2 aromatic carbocycles. The van der Waals surface area contributed by atoms with E-state index in [0.29, 0.717) is 30.9 Å². The molecule has 1 amide bonds. The Hall–Kier alpha value is -2.66. The van der Waals surface area contributed by atoms with Crippen LogP contribution in [0.4, 0.5) is 0 Å². The van der Waals surface area contributed by atoms with Crippen LogP contribution in [-0.2, 0) is 16.1 Å². The van der Waals surface area contributed by atoms with Crippen LogP contribution in [0.25, 0.3) is 0 Å². The lowest BCUT2D eigenvalue weighted by Crippen LogP contribution is -2.25. The van der Waals surface area contributed by atoms with Crippen molar-refractivity contribution in [2.24, 2.45) is 0 Å². The second-order valence-corrected chi connectivity index (χ2v) is 5.22. The molecule has 0 atom stereocenters. The molecule has 1 N–H and O–H groups in total. The summed E-state index contributed by atoms with van der Waals surface area (Å²) < 4.78 is 10.2. The van der Waals surface area contributed by atoms with E-state index < -0.39 is 5.97 Å². The van der Waals surface area contributed by atoms with Crippen molar-refractivity contribution >= 4 is 11.9 Å². The highest BCUT2D eigenvalue weighted by Gasteiger charge is 2.08. The average molecular weight is 327 g/mol. The summed E-state index contributed by atoms with van der Waals surface area (Å²) in [7, 11) is 1.32. The zero-order chi connectivity index (χ0) is 17.2. The van der Waals surface area contributed by atoms with E-state index in [-0.39, 0.29) is 5.91 Å². The summed E-state index contributed by atoms with van der Waals surface area (Å²) in [6, 6.07) is 16.3. The molecule has 0 aliphatic carbocycles. The first-order valence-electron chi connectivity index (χ1n) is 7.79. The van der Waals surface area contributed by atoms with Crippen molar-refractivity contribution in [3.05, 3.63) is 71.3 Å². The number of amides is 1. The van der Waals surface area contributed by atoms with Crippen molar-refractivity contribution < 1.29 is 19.1 Å². The van der Waals surface area contributed by atoms with Crippen LogP contribution in [0.2, 0.25) is 0 Å². The highest BCUT2D eigenvalue weighted by atomic mass is 16.5. The third-order valence-corrected chi connectivity index (χ3v) is 3.43. The summed E-state index contributed by atoms with van der Waals surface area (Å²) in [4.78, 5) is 23.3. The fourth-order valence-electron chi connectivity index (χ4n) is 2.12. The first kappa shape index (κ1) is 17.7. The number of nitrogens with one attached hydrogen (secondary N) is 1. The van der Waals surface area contributed by atoms with E-state index in [2.05, 4.69) is 10.1 Å². The van der Waals surface area contributed by atoms with Gasteiger partial charge >= 0.3 is 5.97 Å². The van der Waals surface area contributed by atoms with Gasteiger partial charge in [0.25, 0.3) is 5.91 Å². The van der Waals surface area contributed by atoms with Crippen LogP contribution in [0.5, 0.6) is 0 Å². The van der Waals surface area contributed by atoms with E-state index in [1.54, 1.807) is 24.3 Å². The first-order chi connectivity index (χ1) is 11.7. The third-order valence-electron chi connectivity index (χ3n) is 3.43. The highest BCUT2D eigenvalue weighted by molar-refractivity contribution is 5.96. The summed E-state index contributed by atoms with van der Waals surface area (Å²) in [6.45, 7) is 1.69. The Balaban J connectivity index is 1.65. The van der Waals surface area contributed by atoms with Crippen LogP contribution in [0.3, 0.4) is 0 Å². The second-order valence-electron chi connectivity index (χ2n) is 5.22. The van der Waals surface area contributed by atoms with Crippen molar-refractivity contribution in [3.63, 3.8) is 0 Å². The SMILES string of the molecule is COC(=O)c1ccc(C(=O)NCCCOCc2ccccc2)cc1. The number of ether oxygens (including phenoxy) is 2. The molecule has 0 radical (unpaired) electrons. The smallest absolute Gasteiger partial charge is 0.337 e. The summed E-state index contributed by atoms with van der Waals surface area (Å²) in [5.74, 6) is -0.591. The number of esters is 1. The topological polar surface area (TPSA) is 64.6 Å². The van der Waals surface area contributed by atoms with E-state index in [1.807, 2.05) is 30.3 Å². The molecule has 2 rings (SSSR count). The maximum absolute atomic E-state index is 12.0. The molecule has 0 heterocycles. The van der Waals surface area contributed by atoms with Gasteiger partial charge in [-0.3, -0.25) is 4.79 Å². The highest BCUT2D eigenvalue weighted by Crippen LogP contribution is 2.06. The largest absolute Gasteiger partial charge is 0.465 e. The van der Waals surface area contributed by atoms with E-state index >= 15 is 0 Å². The predicted molar refractivity (Wildman–Crippen MR) is 90.8 cm³/mol. The summed E-state index contributed by atoms with van der Waals surface area (Å²) in [6.07, 6.45) is 0.735. The van der Waals surface area contributed by atoms with Crippen molar-refractivity contribution in [3.8, 4) is 0 Å². The van der Waals surface area contributed by atoms with Gasteiger partial charge in [0.1, 0.15) is 0 Å². The standard InChI is InChI=1S/C19H21NO4/c1-23-19(22)17-10-8-16(9-11-17)18(21)20-12-5-13-24-14-15-6-3-2-4-7-15/h2-4,6-11H,5,12-14H2,1H3,(H,20,21). The summed E-state index contributed by atoms with van der Waals surface area (Å²) in [5, 5.41) is 2.83. The lowest BCUT2D eigenvalue weighted by atomic mass is 10.1. The lowest BCUT2D eigenvalue weighted by molar-refractivity contribution is 0.0600. The zero-order valence-corrected chi connectivity index (χ0v) is 13.7. The molecule has 0 unspecified atom stereocenters.